The van der Waals surface area contributed by atoms with Crippen LogP contribution in [0.5, 0.6) is 0 Å². The number of aliphatic hydroxyl groups is 1. The smallest absolute Gasteiger partial charge is 0.178 e. The van der Waals surface area contributed by atoms with Gasteiger partial charge in [0.05, 0.1) is 6.61 Å². The van der Waals surface area contributed by atoms with Crippen LogP contribution in [0.2, 0.25) is 0 Å². The summed E-state index contributed by atoms with van der Waals surface area (Å²) < 4.78 is 1.77. The highest BCUT2D eigenvalue weighted by atomic mass is 16.3. The molecule has 7 heteroatoms. The summed E-state index contributed by atoms with van der Waals surface area (Å²) in [6, 6.07) is 3.94. The van der Waals surface area contributed by atoms with Crippen molar-refractivity contribution in [2.24, 2.45) is 0 Å². The maximum Gasteiger partial charge on any atom is 0.178 e. The Morgan fingerprint density at radius 3 is 2.68 bits per heavy atom. The van der Waals surface area contributed by atoms with E-state index >= 15 is 0 Å². The Bertz CT molecular complexity index is 560. The van der Waals surface area contributed by atoms with E-state index in [-0.39, 0.29) is 6.61 Å². The van der Waals surface area contributed by atoms with E-state index in [0.29, 0.717) is 0 Å². The number of piperazine rings is 1. The van der Waals surface area contributed by atoms with Crippen molar-refractivity contribution in [3.63, 3.8) is 0 Å². The zero-order chi connectivity index (χ0) is 13.2. The van der Waals surface area contributed by atoms with Crippen molar-refractivity contribution in [3.05, 3.63) is 18.0 Å². The summed E-state index contributed by atoms with van der Waals surface area (Å²) in [5.41, 5.74) is 0.778. The van der Waals surface area contributed by atoms with E-state index in [1.165, 1.54) is 0 Å². The second-order valence-electron chi connectivity index (χ2n) is 4.76. The van der Waals surface area contributed by atoms with Crippen LogP contribution in [0.25, 0.3) is 5.65 Å². The first-order chi connectivity index (χ1) is 9.28. The molecule has 19 heavy (non-hydrogen) atoms. The number of hydrogen-bond acceptors (Lipinski definition) is 6. The van der Waals surface area contributed by atoms with Crippen molar-refractivity contribution in [1.82, 2.24) is 24.7 Å². The highest BCUT2D eigenvalue weighted by Crippen LogP contribution is 2.14. The van der Waals surface area contributed by atoms with E-state index in [4.69, 9.17) is 5.11 Å². The number of hydrogen-bond donors (Lipinski definition) is 1. The van der Waals surface area contributed by atoms with Crippen LogP contribution in [0.4, 0.5) is 5.82 Å². The van der Waals surface area contributed by atoms with E-state index in [1.54, 1.807) is 4.52 Å². The fourth-order valence-corrected chi connectivity index (χ4v) is 2.40. The van der Waals surface area contributed by atoms with Gasteiger partial charge in [-0.15, -0.1) is 15.3 Å². The third-order valence-electron chi connectivity index (χ3n) is 3.52. The van der Waals surface area contributed by atoms with Crippen molar-refractivity contribution < 1.29 is 5.11 Å². The predicted octanol–water partition coefficient (Wildman–Crippen LogP) is -0.453. The molecule has 7 nitrogen and oxygen atoms in total. The van der Waals surface area contributed by atoms with Crippen molar-refractivity contribution in [3.8, 4) is 0 Å². The second-order valence-corrected chi connectivity index (χ2v) is 4.76. The Morgan fingerprint density at radius 2 is 1.95 bits per heavy atom. The molecule has 1 aliphatic rings. The van der Waals surface area contributed by atoms with Crippen molar-refractivity contribution >= 4 is 11.5 Å². The minimum absolute atomic E-state index is 0.226. The van der Waals surface area contributed by atoms with Gasteiger partial charge in [0.15, 0.2) is 11.5 Å². The molecule has 2 aromatic heterocycles. The third kappa shape index (κ3) is 2.39. The van der Waals surface area contributed by atoms with Crippen LogP contribution < -0.4 is 4.90 Å². The van der Waals surface area contributed by atoms with Crippen LogP contribution in [-0.2, 0) is 0 Å². The van der Waals surface area contributed by atoms with Gasteiger partial charge >= 0.3 is 0 Å². The predicted molar refractivity (Wildman–Crippen MR) is 71.3 cm³/mol. The normalized spacial score (nSPS) is 17.3. The fraction of sp³-hybridized carbons (Fsp3) is 0.583. The van der Waals surface area contributed by atoms with Crippen LogP contribution in [0.3, 0.4) is 0 Å². The summed E-state index contributed by atoms with van der Waals surface area (Å²) >= 11 is 0. The first kappa shape index (κ1) is 12.3. The van der Waals surface area contributed by atoms with E-state index < -0.39 is 0 Å². The number of anilines is 1. The second kappa shape index (κ2) is 5.10. The molecule has 0 saturated carbocycles. The molecule has 3 heterocycles. The van der Waals surface area contributed by atoms with Gasteiger partial charge in [-0.05, 0) is 19.1 Å². The molecule has 1 fully saturated rings. The molecule has 0 spiro atoms. The maximum atomic E-state index is 8.94. The molecule has 0 atom stereocenters. The van der Waals surface area contributed by atoms with Gasteiger partial charge < -0.3 is 10.0 Å². The average molecular weight is 262 g/mol. The van der Waals surface area contributed by atoms with Crippen LogP contribution in [0, 0.1) is 6.92 Å². The molecular formula is C12H18N6O. The van der Waals surface area contributed by atoms with Crippen LogP contribution in [0.1, 0.15) is 5.82 Å². The fourth-order valence-electron chi connectivity index (χ4n) is 2.40. The lowest BCUT2D eigenvalue weighted by Gasteiger charge is -2.34. The Morgan fingerprint density at radius 1 is 1.16 bits per heavy atom. The summed E-state index contributed by atoms with van der Waals surface area (Å²) in [6.07, 6.45) is 0. The zero-order valence-corrected chi connectivity index (χ0v) is 11.0. The topological polar surface area (TPSA) is 69.8 Å². The molecule has 102 valence electrons. The number of aliphatic hydroxyl groups excluding tert-OH is 1. The van der Waals surface area contributed by atoms with Gasteiger partial charge in [0.25, 0.3) is 0 Å². The Hall–Kier alpha value is -1.73. The SMILES string of the molecule is Cc1nnc2ccc(N3CCN(CCO)CC3)nn12. The largest absolute Gasteiger partial charge is 0.395 e. The average Bonchev–Trinajstić information content (AvgIpc) is 2.81. The maximum absolute atomic E-state index is 8.94. The molecular weight excluding hydrogens is 244 g/mol. The minimum Gasteiger partial charge on any atom is -0.395 e. The monoisotopic (exact) mass is 262 g/mol. The molecule has 3 rings (SSSR count). The zero-order valence-electron chi connectivity index (χ0n) is 11.0. The minimum atomic E-state index is 0.226. The number of aryl methyl sites for hydroxylation is 1. The Balaban J connectivity index is 1.76. The summed E-state index contributed by atoms with van der Waals surface area (Å²) in [5.74, 6) is 1.76. The van der Waals surface area contributed by atoms with Crippen LogP contribution >= 0.6 is 0 Å². The van der Waals surface area contributed by atoms with E-state index in [2.05, 4.69) is 25.1 Å². The first-order valence-electron chi connectivity index (χ1n) is 6.55. The molecule has 0 bridgehead atoms. The van der Waals surface area contributed by atoms with Gasteiger partial charge in [0.1, 0.15) is 5.82 Å². The number of β-amino-alcohol motifs (C(OH)–C–C–N with tert-alkyl or cyclic N) is 1. The van der Waals surface area contributed by atoms with Gasteiger partial charge in [-0.2, -0.15) is 4.52 Å². The van der Waals surface area contributed by atoms with Crippen LogP contribution in [0.15, 0.2) is 12.1 Å². The Labute approximate surface area is 111 Å². The molecule has 1 aliphatic heterocycles. The molecule has 0 aromatic carbocycles. The summed E-state index contributed by atoms with van der Waals surface area (Å²) in [7, 11) is 0. The molecule has 0 amide bonds. The van der Waals surface area contributed by atoms with E-state index in [9.17, 15) is 0 Å². The Kier molecular flexibility index (Phi) is 3.31. The number of nitrogens with zero attached hydrogens (tertiary/aromatic N) is 6. The van der Waals surface area contributed by atoms with Crippen molar-refractivity contribution in [2.75, 3.05) is 44.2 Å². The summed E-state index contributed by atoms with van der Waals surface area (Å²) in [4.78, 5) is 4.52. The molecule has 0 unspecified atom stereocenters. The molecule has 2 aromatic rings. The van der Waals surface area contributed by atoms with Crippen molar-refractivity contribution in [1.29, 1.82) is 0 Å². The third-order valence-corrected chi connectivity index (χ3v) is 3.52. The lowest BCUT2D eigenvalue weighted by atomic mass is 10.3. The highest BCUT2D eigenvalue weighted by Gasteiger charge is 2.18. The number of fused-ring (bicyclic) bond motifs is 1. The summed E-state index contributed by atoms with van der Waals surface area (Å²) in [5, 5.41) is 21.6. The molecule has 0 radical (unpaired) electrons. The molecule has 1 saturated heterocycles. The van der Waals surface area contributed by atoms with Gasteiger partial charge in [-0.3, -0.25) is 4.90 Å². The van der Waals surface area contributed by atoms with Crippen LogP contribution in [-0.4, -0.2) is 69.1 Å². The molecule has 1 N–H and O–H groups in total. The lowest BCUT2D eigenvalue weighted by molar-refractivity contribution is 0.188. The lowest BCUT2D eigenvalue weighted by Crippen LogP contribution is -2.47. The number of aromatic nitrogens is 4. The van der Waals surface area contributed by atoms with E-state index in [0.717, 1.165) is 50.0 Å². The van der Waals surface area contributed by atoms with Crippen molar-refractivity contribution in [2.45, 2.75) is 6.92 Å². The first-order valence-corrected chi connectivity index (χ1v) is 6.55. The van der Waals surface area contributed by atoms with Gasteiger partial charge in [-0.25, -0.2) is 0 Å². The summed E-state index contributed by atoms with van der Waals surface area (Å²) in [6.45, 7) is 6.66. The van der Waals surface area contributed by atoms with E-state index in [1.807, 2.05) is 19.1 Å². The standard InChI is InChI=1S/C12H18N6O/c1-10-13-14-11-2-3-12(15-18(10)11)17-6-4-16(5-7-17)8-9-19/h2-3,19H,4-9H2,1H3. The van der Waals surface area contributed by atoms with Gasteiger partial charge in [0, 0.05) is 32.7 Å². The highest BCUT2D eigenvalue weighted by molar-refractivity contribution is 5.46. The van der Waals surface area contributed by atoms with Gasteiger partial charge in [-0.1, -0.05) is 0 Å². The van der Waals surface area contributed by atoms with Gasteiger partial charge in [0.2, 0.25) is 0 Å². The number of rotatable bonds is 3. The molecule has 0 aliphatic carbocycles. The quantitative estimate of drug-likeness (QED) is 0.808.